The van der Waals surface area contributed by atoms with Gasteiger partial charge in [-0.1, -0.05) is 12.1 Å². The largest absolute Gasteiger partial charge is 0.388 e. The van der Waals surface area contributed by atoms with Gasteiger partial charge in [0.25, 0.3) is 5.69 Å². The van der Waals surface area contributed by atoms with Crippen molar-refractivity contribution >= 4 is 5.69 Å². The zero-order chi connectivity index (χ0) is 12.3. The summed E-state index contributed by atoms with van der Waals surface area (Å²) < 4.78 is 0. The van der Waals surface area contributed by atoms with E-state index >= 15 is 0 Å². The van der Waals surface area contributed by atoms with Gasteiger partial charge >= 0.3 is 0 Å². The van der Waals surface area contributed by atoms with Gasteiger partial charge in [-0.3, -0.25) is 10.1 Å². The molecule has 0 amide bonds. The summed E-state index contributed by atoms with van der Waals surface area (Å²) >= 11 is 0. The third-order valence-corrected chi connectivity index (χ3v) is 2.41. The molecule has 5 nitrogen and oxygen atoms in total. The maximum absolute atomic E-state index is 10.7. The highest BCUT2D eigenvalue weighted by atomic mass is 16.6. The molecule has 3 N–H and O–H groups in total. The number of nitro groups is 1. The average molecular weight is 224 g/mol. The molecule has 1 aromatic carbocycles. The van der Waals surface area contributed by atoms with Gasteiger partial charge in [-0.25, -0.2) is 0 Å². The van der Waals surface area contributed by atoms with E-state index in [1.165, 1.54) is 6.07 Å². The van der Waals surface area contributed by atoms with Crippen LogP contribution in [0.1, 0.15) is 30.6 Å². The summed E-state index contributed by atoms with van der Waals surface area (Å²) in [6, 6.07) is 4.59. The summed E-state index contributed by atoms with van der Waals surface area (Å²) in [5.41, 5.74) is 6.72. The van der Waals surface area contributed by atoms with E-state index in [1.54, 1.807) is 26.0 Å². The van der Waals surface area contributed by atoms with Crippen LogP contribution in [0.4, 0.5) is 5.69 Å². The first kappa shape index (κ1) is 12.6. The topological polar surface area (TPSA) is 89.4 Å². The Morgan fingerprint density at radius 2 is 2.19 bits per heavy atom. The minimum Gasteiger partial charge on any atom is -0.388 e. The molecule has 2 atom stereocenters. The molecule has 2 unspecified atom stereocenters. The molecular weight excluding hydrogens is 208 g/mol. The molecule has 0 heterocycles. The van der Waals surface area contributed by atoms with Crippen LogP contribution < -0.4 is 5.73 Å². The summed E-state index contributed by atoms with van der Waals surface area (Å²) in [7, 11) is 0. The van der Waals surface area contributed by atoms with E-state index in [0.29, 0.717) is 17.5 Å². The second kappa shape index (κ2) is 5.05. The first-order chi connectivity index (χ1) is 7.41. The second-order valence-corrected chi connectivity index (χ2v) is 4.03. The van der Waals surface area contributed by atoms with E-state index < -0.39 is 11.0 Å². The van der Waals surface area contributed by atoms with Gasteiger partial charge in [0.05, 0.1) is 11.0 Å². The Labute approximate surface area is 94.0 Å². The lowest BCUT2D eigenvalue weighted by molar-refractivity contribution is -0.385. The van der Waals surface area contributed by atoms with Crippen LogP contribution in [0.5, 0.6) is 0 Å². The van der Waals surface area contributed by atoms with Crippen molar-refractivity contribution < 1.29 is 10.0 Å². The van der Waals surface area contributed by atoms with Crippen molar-refractivity contribution in [2.45, 2.75) is 32.4 Å². The fraction of sp³-hybridized carbons (Fsp3) is 0.455. The fourth-order valence-electron chi connectivity index (χ4n) is 1.52. The van der Waals surface area contributed by atoms with Crippen LogP contribution in [-0.4, -0.2) is 16.1 Å². The summed E-state index contributed by atoms with van der Waals surface area (Å²) in [5.74, 6) is 0. The first-order valence-corrected chi connectivity index (χ1v) is 5.10. The third-order valence-electron chi connectivity index (χ3n) is 2.41. The number of aliphatic hydroxyl groups is 1. The number of benzene rings is 1. The molecule has 0 aliphatic carbocycles. The van der Waals surface area contributed by atoms with Gasteiger partial charge < -0.3 is 10.8 Å². The Morgan fingerprint density at radius 1 is 1.56 bits per heavy atom. The van der Waals surface area contributed by atoms with Gasteiger partial charge in [-0.2, -0.15) is 0 Å². The standard InChI is InChI=1S/C11H16N2O3/c1-7-3-4-9(6-10(7)13(15)16)11(14)5-8(2)12/h3-4,6,8,11,14H,5,12H2,1-2H3. The molecule has 0 aliphatic rings. The number of aliphatic hydroxyl groups excluding tert-OH is 1. The van der Waals surface area contributed by atoms with Gasteiger partial charge in [0.1, 0.15) is 0 Å². The van der Waals surface area contributed by atoms with Crippen molar-refractivity contribution in [2.24, 2.45) is 5.73 Å². The van der Waals surface area contributed by atoms with Crippen molar-refractivity contribution in [1.29, 1.82) is 0 Å². The first-order valence-electron chi connectivity index (χ1n) is 5.10. The van der Waals surface area contributed by atoms with Crippen molar-refractivity contribution in [1.82, 2.24) is 0 Å². The fourth-order valence-corrected chi connectivity index (χ4v) is 1.52. The Kier molecular flexibility index (Phi) is 3.98. The second-order valence-electron chi connectivity index (χ2n) is 4.03. The highest BCUT2D eigenvalue weighted by Gasteiger charge is 2.16. The predicted molar refractivity (Wildman–Crippen MR) is 61.1 cm³/mol. The van der Waals surface area contributed by atoms with Crippen LogP contribution in [0.25, 0.3) is 0 Å². The van der Waals surface area contributed by atoms with Crippen LogP contribution in [0.2, 0.25) is 0 Å². The van der Waals surface area contributed by atoms with Crippen LogP contribution in [0, 0.1) is 17.0 Å². The van der Waals surface area contributed by atoms with Gasteiger partial charge in [0.15, 0.2) is 0 Å². The maximum Gasteiger partial charge on any atom is 0.272 e. The highest BCUT2D eigenvalue weighted by molar-refractivity contribution is 5.43. The summed E-state index contributed by atoms with van der Waals surface area (Å²) in [5, 5.41) is 20.5. The zero-order valence-corrected chi connectivity index (χ0v) is 9.38. The van der Waals surface area contributed by atoms with E-state index in [0.717, 1.165) is 0 Å². The number of aryl methyl sites for hydroxylation is 1. The van der Waals surface area contributed by atoms with Gasteiger partial charge in [0, 0.05) is 17.7 Å². The average Bonchev–Trinajstić information content (AvgIpc) is 2.16. The Hall–Kier alpha value is -1.46. The molecule has 0 aromatic heterocycles. The highest BCUT2D eigenvalue weighted by Crippen LogP contribution is 2.25. The Morgan fingerprint density at radius 3 is 2.69 bits per heavy atom. The molecule has 1 aromatic rings. The predicted octanol–water partition coefficient (Wildman–Crippen LogP) is 1.67. The third kappa shape index (κ3) is 3.01. The molecule has 0 bridgehead atoms. The number of rotatable bonds is 4. The molecule has 88 valence electrons. The summed E-state index contributed by atoms with van der Waals surface area (Å²) in [6.45, 7) is 3.45. The Balaban J connectivity index is 2.98. The smallest absolute Gasteiger partial charge is 0.272 e. The van der Waals surface area contributed by atoms with E-state index in [1.807, 2.05) is 0 Å². The summed E-state index contributed by atoms with van der Waals surface area (Å²) in [4.78, 5) is 10.3. The van der Waals surface area contributed by atoms with Crippen LogP contribution >= 0.6 is 0 Å². The minimum atomic E-state index is -0.751. The monoisotopic (exact) mass is 224 g/mol. The number of hydrogen-bond donors (Lipinski definition) is 2. The molecular formula is C11H16N2O3. The number of hydrogen-bond acceptors (Lipinski definition) is 4. The van der Waals surface area contributed by atoms with Crippen molar-refractivity contribution in [3.8, 4) is 0 Å². The van der Waals surface area contributed by atoms with Gasteiger partial charge in [-0.05, 0) is 25.8 Å². The van der Waals surface area contributed by atoms with E-state index in [2.05, 4.69) is 0 Å². The zero-order valence-electron chi connectivity index (χ0n) is 9.38. The normalized spacial score (nSPS) is 14.5. The van der Waals surface area contributed by atoms with Crippen LogP contribution in [0.3, 0.4) is 0 Å². The van der Waals surface area contributed by atoms with Gasteiger partial charge in [-0.15, -0.1) is 0 Å². The molecule has 5 heteroatoms. The van der Waals surface area contributed by atoms with E-state index in [9.17, 15) is 15.2 Å². The lowest BCUT2D eigenvalue weighted by atomic mass is 10.0. The summed E-state index contributed by atoms with van der Waals surface area (Å²) in [6.07, 6.45) is -0.362. The molecule has 0 aliphatic heterocycles. The van der Waals surface area contributed by atoms with Crippen molar-refractivity contribution in [3.63, 3.8) is 0 Å². The SMILES string of the molecule is Cc1ccc(C(O)CC(C)N)cc1[N+](=O)[O-]. The molecule has 0 saturated heterocycles. The number of nitrogens with zero attached hydrogens (tertiary/aromatic N) is 1. The van der Waals surface area contributed by atoms with Gasteiger partial charge in [0.2, 0.25) is 0 Å². The molecule has 0 radical (unpaired) electrons. The Bertz CT molecular complexity index is 391. The quantitative estimate of drug-likeness (QED) is 0.601. The maximum atomic E-state index is 10.7. The number of nitro benzene ring substituents is 1. The molecule has 0 fully saturated rings. The minimum absolute atomic E-state index is 0.0289. The molecule has 1 rings (SSSR count). The van der Waals surface area contributed by atoms with E-state index in [-0.39, 0.29) is 11.7 Å². The molecule has 0 spiro atoms. The molecule has 0 saturated carbocycles. The lowest BCUT2D eigenvalue weighted by Gasteiger charge is -2.13. The molecule has 16 heavy (non-hydrogen) atoms. The number of nitrogens with two attached hydrogens (primary N) is 1. The van der Waals surface area contributed by atoms with Crippen molar-refractivity contribution in [2.75, 3.05) is 0 Å². The lowest BCUT2D eigenvalue weighted by Crippen LogP contribution is -2.18. The van der Waals surface area contributed by atoms with Crippen molar-refractivity contribution in [3.05, 3.63) is 39.4 Å². The van der Waals surface area contributed by atoms with Crippen LogP contribution in [0.15, 0.2) is 18.2 Å². The van der Waals surface area contributed by atoms with E-state index in [4.69, 9.17) is 5.73 Å². The van der Waals surface area contributed by atoms with Crippen LogP contribution in [-0.2, 0) is 0 Å².